The Morgan fingerprint density at radius 1 is 1.26 bits per heavy atom. The highest BCUT2D eigenvalue weighted by molar-refractivity contribution is 7.99. The molecule has 5 heteroatoms. The minimum absolute atomic E-state index is 0.0383. The summed E-state index contributed by atoms with van der Waals surface area (Å²) in [5.41, 5.74) is 7.09. The van der Waals surface area contributed by atoms with Gasteiger partial charge in [-0.2, -0.15) is 0 Å². The third-order valence-corrected chi connectivity index (χ3v) is 3.87. The zero-order valence-corrected chi connectivity index (χ0v) is 12.0. The van der Waals surface area contributed by atoms with E-state index in [1.54, 1.807) is 37.4 Å². The number of hydrogen-bond acceptors (Lipinski definition) is 4. The van der Waals surface area contributed by atoms with Crippen molar-refractivity contribution in [3.63, 3.8) is 0 Å². The molecule has 0 bridgehead atoms. The molecule has 0 fully saturated rings. The van der Waals surface area contributed by atoms with Crippen LogP contribution < -0.4 is 5.73 Å². The Bertz CT molecular complexity index is 605. The minimum atomic E-state index is -0.0383. The molecule has 0 unspecified atom stereocenters. The van der Waals surface area contributed by atoms with Gasteiger partial charge >= 0.3 is 0 Å². The Morgan fingerprint density at radius 3 is 2.58 bits per heavy atom. The van der Waals surface area contributed by atoms with Gasteiger partial charge in [0.15, 0.2) is 0 Å². The van der Waals surface area contributed by atoms with E-state index in [0.717, 1.165) is 15.6 Å². The molecule has 1 aromatic heterocycles. The second-order valence-electron chi connectivity index (χ2n) is 4.40. The molecule has 0 spiro atoms. The van der Waals surface area contributed by atoms with E-state index >= 15 is 0 Å². The monoisotopic (exact) mass is 276 g/mol. The summed E-state index contributed by atoms with van der Waals surface area (Å²) in [5, 5.41) is 0. The third-order valence-electron chi connectivity index (χ3n) is 2.67. The van der Waals surface area contributed by atoms with Crippen LogP contribution in [0.2, 0.25) is 0 Å². The lowest BCUT2D eigenvalue weighted by molar-refractivity contribution is 0.0824. The first-order chi connectivity index (χ1) is 8.99. The maximum Gasteiger partial charge on any atom is 0.254 e. The molecule has 2 rings (SSSR count). The Hall–Kier alpha value is -1.88. The number of aryl methyl sites for hydroxylation is 1. The first-order valence-corrected chi connectivity index (χ1v) is 6.64. The van der Waals surface area contributed by atoms with Gasteiger partial charge in [0.25, 0.3) is 5.91 Å². The van der Waals surface area contributed by atoms with Gasteiger partial charge in [0, 0.05) is 24.7 Å². The Kier molecular flexibility index (Phi) is 3.85. The lowest BCUT2D eigenvalue weighted by atomic mass is 10.2. The average molecular weight is 276 g/mol. The molecule has 1 aromatic carbocycles. The molecule has 4 nitrogen and oxygen atoms in total. The number of nitrogens with zero attached hydrogens (tertiary/aromatic N) is 1. The number of furan rings is 1. The summed E-state index contributed by atoms with van der Waals surface area (Å²) < 4.78 is 5.27. The van der Waals surface area contributed by atoms with Gasteiger partial charge < -0.3 is 15.1 Å². The lowest BCUT2D eigenvalue weighted by Crippen LogP contribution is -2.22. The van der Waals surface area contributed by atoms with Crippen LogP contribution in [0.5, 0.6) is 0 Å². The molecule has 100 valence electrons. The number of nitrogen functional groups attached to an aromatic ring is 1. The zero-order valence-electron chi connectivity index (χ0n) is 11.1. The molecule has 1 amide bonds. The van der Waals surface area contributed by atoms with Crippen LogP contribution in [0, 0.1) is 6.92 Å². The van der Waals surface area contributed by atoms with E-state index in [2.05, 4.69) is 0 Å². The summed E-state index contributed by atoms with van der Waals surface area (Å²) in [6.45, 7) is 1.89. The molecule has 0 radical (unpaired) electrons. The molecule has 2 N–H and O–H groups in total. The van der Waals surface area contributed by atoms with E-state index in [4.69, 9.17) is 10.2 Å². The van der Waals surface area contributed by atoms with Crippen LogP contribution in [-0.2, 0) is 0 Å². The molecule has 0 aliphatic rings. The molecule has 0 aliphatic carbocycles. The van der Waals surface area contributed by atoms with Crippen LogP contribution in [0.1, 0.15) is 16.1 Å². The largest absolute Gasteiger partial charge is 0.468 e. The van der Waals surface area contributed by atoms with Crippen LogP contribution in [0.4, 0.5) is 5.69 Å². The summed E-state index contributed by atoms with van der Waals surface area (Å²) in [6, 6.07) is 7.19. The number of benzene rings is 1. The van der Waals surface area contributed by atoms with Gasteiger partial charge in [-0.05, 0) is 31.2 Å². The van der Waals surface area contributed by atoms with E-state index in [1.807, 2.05) is 19.1 Å². The lowest BCUT2D eigenvalue weighted by Gasteiger charge is -2.14. The Morgan fingerprint density at radius 2 is 2.00 bits per heavy atom. The normalized spacial score (nSPS) is 10.5. The number of carbonyl (C=O) groups excluding carboxylic acids is 1. The predicted octanol–water partition coefficient (Wildman–Crippen LogP) is 3.02. The van der Waals surface area contributed by atoms with Crippen molar-refractivity contribution in [2.24, 2.45) is 0 Å². The smallest absolute Gasteiger partial charge is 0.254 e. The number of hydrogen-bond donors (Lipinski definition) is 1. The number of carbonyl (C=O) groups is 1. The molecular weight excluding hydrogens is 260 g/mol. The van der Waals surface area contributed by atoms with Crippen LogP contribution in [-0.4, -0.2) is 24.9 Å². The molecule has 2 aromatic rings. The van der Waals surface area contributed by atoms with Crippen molar-refractivity contribution in [1.29, 1.82) is 0 Å². The summed E-state index contributed by atoms with van der Waals surface area (Å²) >= 11 is 1.49. The van der Waals surface area contributed by atoms with Crippen molar-refractivity contribution in [1.82, 2.24) is 4.90 Å². The fourth-order valence-electron chi connectivity index (χ4n) is 1.64. The molecule has 0 saturated heterocycles. The molecule has 0 saturated carbocycles. The highest BCUT2D eigenvalue weighted by atomic mass is 32.2. The highest BCUT2D eigenvalue weighted by Crippen LogP contribution is 2.34. The second-order valence-corrected chi connectivity index (χ2v) is 5.48. The topological polar surface area (TPSA) is 59.5 Å². The van der Waals surface area contributed by atoms with E-state index < -0.39 is 0 Å². The fraction of sp³-hybridized carbons (Fsp3) is 0.214. The number of anilines is 1. The predicted molar refractivity (Wildman–Crippen MR) is 76.4 cm³/mol. The average Bonchev–Trinajstić information content (AvgIpc) is 2.74. The van der Waals surface area contributed by atoms with Crippen LogP contribution in [0.15, 0.2) is 44.7 Å². The van der Waals surface area contributed by atoms with E-state index in [1.165, 1.54) is 11.8 Å². The molecule has 0 aliphatic heterocycles. The summed E-state index contributed by atoms with van der Waals surface area (Å²) in [4.78, 5) is 15.5. The molecule has 1 heterocycles. The third kappa shape index (κ3) is 2.93. The van der Waals surface area contributed by atoms with Crippen molar-refractivity contribution >= 4 is 23.4 Å². The summed E-state index contributed by atoms with van der Waals surface area (Å²) in [6.07, 6.45) is 1.64. The Labute approximate surface area is 116 Å². The van der Waals surface area contributed by atoms with Gasteiger partial charge in [0.2, 0.25) is 0 Å². The van der Waals surface area contributed by atoms with Crippen molar-refractivity contribution in [3.8, 4) is 0 Å². The van der Waals surface area contributed by atoms with Crippen molar-refractivity contribution < 1.29 is 9.21 Å². The number of amides is 1. The van der Waals surface area contributed by atoms with E-state index in [9.17, 15) is 4.79 Å². The summed E-state index contributed by atoms with van der Waals surface area (Å²) in [7, 11) is 3.46. The van der Waals surface area contributed by atoms with Gasteiger partial charge in [-0.25, -0.2) is 0 Å². The van der Waals surface area contributed by atoms with Gasteiger partial charge in [-0.15, -0.1) is 0 Å². The van der Waals surface area contributed by atoms with Gasteiger partial charge in [0.05, 0.1) is 16.7 Å². The first-order valence-electron chi connectivity index (χ1n) is 5.82. The molecule has 19 heavy (non-hydrogen) atoms. The Balaban J connectivity index is 2.41. The van der Waals surface area contributed by atoms with E-state index in [-0.39, 0.29) is 5.91 Å². The number of nitrogens with two attached hydrogens (primary N) is 1. The maximum absolute atomic E-state index is 12.1. The van der Waals surface area contributed by atoms with E-state index in [0.29, 0.717) is 11.3 Å². The van der Waals surface area contributed by atoms with Gasteiger partial charge in [0.1, 0.15) is 5.76 Å². The SMILES string of the molecule is Cc1occc1Sc1cc(N)ccc1C(=O)N(C)C. The highest BCUT2D eigenvalue weighted by Gasteiger charge is 2.15. The standard InChI is InChI=1S/C14H16N2O2S/c1-9-12(6-7-18-9)19-13-8-10(15)4-5-11(13)14(17)16(2)3/h4-8H,15H2,1-3H3. The quantitative estimate of drug-likeness (QED) is 0.875. The fourth-order valence-corrected chi connectivity index (χ4v) is 2.65. The summed E-state index contributed by atoms with van der Waals surface area (Å²) in [5.74, 6) is 0.791. The minimum Gasteiger partial charge on any atom is -0.468 e. The number of rotatable bonds is 3. The molecular formula is C14H16N2O2S. The van der Waals surface area contributed by atoms with Crippen LogP contribution >= 0.6 is 11.8 Å². The van der Waals surface area contributed by atoms with Crippen LogP contribution in [0.3, 0.4) is 0 Å². The van der Waals surface area contributed by atoms with Gasteiger partial charge in [-0.1, -0.05) is 11.8 Å². The second kappa shape index (κ2) is 5.40. The van der Waals surface area contributed by atoms with Crippen LogP contribution in [0.25, 0.3) is 0 Å². The molecule has 0 atom stereocenters. The van der Waals surface area contributed by atoms with Gasteiger partial charge in [-0.3, -0.25) is 4.79 Å². The van der Waals surface area contributed by atoms with Crippen molar-refractivity contribution in [2.75, 3.05) is 19.8 Å². The van der Waals surface area contributed by atoms with Crippen molar-refractivity contribution in [3.05, 3.63) is 41.9 Å². The zero-order chi connectivity index (χ0) is 14.0. The van der Waals surface area contributed by atoms with Crippen molar-refractivity contribution in [2.45, 2.75) is 16.7 Å². The maximum atomic E-state index is 12.1. The first kappa shape index (κ1) is 13.5.